The summed E-state index contributed by atoms with van der Waals surface area (Å²) in [7, 11) is 1.83. The molecule has 0 aliphatic carbocycles. The summed E-state index contributed by atoms with van der Waals surface area (Å²) < 4.78 is 1.65. The van der Waals surface area contributed by atoms with Crippen LogP contribution in [-0.4, -0.2) is 26.2 Å². The summed E-state index contributed by atoms with van der Waals surface area (Å²) in [6.45, 7) is 6.62. The maximum absolute atomic E-state index is 3.88. The van der Waals surface area contributed by atoms with Crippen LogP contribution in [0.4, 0.5) is 5.95 Å². The van der Waals surface area contributed by atoms with Gasteiger partial charge in [-0.05, 0) is 29.7 Å². The van der Waals surface area contributed by atoms with Gasteiger partial charge in [-0.2, -0.15) is 0 Å². The van der Waals surface area contributed by atoms with Crippen LogP contribution >= 0.6 is 0 Å². The third-order valence-electron chi connectivity index (χ3n) is 2.45. The van der Waals surface area contributed by atoms with Crippen LogP contribution in [0.1, 0.15) is 33.6 Å². The molecule has 80 valence electrons. The molecule has 5 nitrogen and oxygen atoms in total. The van der Waals surface area contributed by atoms with E-state index in [0.29, 0.717) is 6.04 Å². The van der Waals surface area contributed by atoms with Crippen molar-refractivity contribution < 1.29 is 0 Å². The topological polar surface area (TPSA) is 55.6 Å². The molecule has 0 spiro atoms. The van der Waals surface area contributed by atoms with E-state index in [1.165, 1.54) is 6.42 Å². The van der Waals surface area contributed by atoms with Crippen LogP contribution in [0.2, 0.25) is 0 Å². The van der Waals surface area contributed by atoms with Crippen LogP contribution in [-0.2, 0) is 7.05 Å². The lowest BCUT2D eigenvalue weighted by Crippen LogP contribution is -2.20. The van der Waals surface area contributed by atoms with Gasteiger partial charge in [-0.25, -0.2) is 4.68 Å². The monoisotopic (exact) mass is 197 g/mol. The van der Waals surface area contributed by atoms with Crippen LogP contribution < -0.4 is 5.32 Å². The van der Waals surface area contributed by atoms with Crippen LogP contribution in [0, 0.1) is 5.92 Å². The van der Waals surface area contributed by atoms with E-state index in [2.05, 4.69) is 41.6 Å². The van der Waals surface area contributed by atoms with Crippen molar-refractivity contribution in [3.63, 3.8) is 0 Å². The molecule has 0 aliphatic heterocycles. The van der Waals surface area contributed by atoms with E-state index in [1.807, 2.05) is 7.05 Å². The molecule has 0 amide bonds. The molecule has 14 heavy (non-hydrogen) atoms. The smallest absolute Gasteiger partial charge is 0.242 e. The van der Waals surface area contributed by atoms with Gasteiger partial charge in [-0.15, -0.1) is 0 Å². The highest BCUT2D eigenvalue weighted by atomic mass is 15.6. The minimum absolute atomic E-state index is 0.412. The molecule has 0 bridgehead atoms. The van der Waals surface area contributed by atoms with Crippen molar-refractivity contribution in [3.05, 3.63) is 0 Å². The molecule has 0 fully saturated rings. The normalized spacial score (nSPS) is 15.1. The number of nitrogens with one attached hydrogen (secondary N) is 1. The predicted molar refractivity (Wildman–Crippen MR) is 56.0 cm³/mol. The molecule has 0 aliphatic rings. The van der Waals surface area contributed by atoms with Crippen molar-refractivity contribution in [2.75, 3.05) is 5.32 Å². The molecule has 0 saturated heterocycles. The first kappa shape index (κ1) is 10.9. The quantitative estimate of drug-likeness (QED) is 0.776. The molecular formula is C9H19N5. The van der Waals surface area contributed by atoms with Gasteiger partial charge in [0.05, 0.1) is 0 Å². The van der Waals surface area contributed by atoms with Gasteiger partial charge >= 0.3 is 0 Å². The Labute approximate surface area is 84.9 Å². The molecule has 5 heteroatoms. The van der Waals surface area contributed by atoms with Crippen molar-refractivity contribution >= 4 is 5.95 Å². The molecule has 2 atom stereocenters. The van der Waals surface area contributed by atoms with Gasteiger partial charge in [0, 0.05) is 13.1 Å². The molecule has 1 aromatic heterocycles. The first-order chi connectivity index (χ1) is 6.63. The number of anilines is 1. The third-order valence-corrected chi connectivity index (χ3v) is 2.45. The summed E-state index contributed by atoms with van der Waals surface area (Å²) in [5.74, 6) is 1.47. The van der Waals surface area contributed by atoms with Gasteiger partial charge in [0.25, 0.3) is 0 Å². The standard InChI is InChI=1S/C9H19N5/c1-5-7(2)6-8(3)10-9-11-12-13-14(9)4/h7-8H,5-6H2,1-4H3,(H,10,11,13). The second kappa shape index (κ2) is 4.93. The number of nitrogens with zero attached hydrogens (tertiary/aromatic N) is 4. The first-order valence-electron chi connectivity index (χ1n) is 5.12. The van der Waals surface area contributed by atoms with Gasteiger partial charge in [0.15, 0.2) is 0 Å². The Bertz CT molecular complexity index is 270. The second-order valence-corrected chi connectivity index (χ2v) is 3.92. The first-order valence-corrected chi connectivity index (χ1v) is 5.12. The Kier molecular flexibility index (Phi) is 3.85. The molecular weight excluding hydrogens is 178 g/mol. The SMILES string of the molecule is CCC(C)CC(C)Nc1nnnn1C. The van der Waals surface area contributed by atoms with E-state index in [4.69, 9.17) is 0 Å². The Hall–Kier alpha value is -1.13. The van der Waals surface area contributed by atoms with E-state index >= 15 is 0 Å². The number of hydrogen-bond acceptors (Lipinski definition) is 4. The molecule has 1 rings (SSSR count). The van der Waals surface area contributed by atoms with Crippen LogP contribution in [0.15, 0.2) is 0 Å². The predicted octanol–water partition coefficient (Wildman–Crippen LogP) is 1.45. The zero-order valence-electron chi connectivity index (χ0n) is 9.36. The molecule has 0 saturated carbocycles. The highest BCUT2D eigenvalue weighted by Gasteiger charge is 2.09. The molecule has 0 aromatic carbocycles. The Morgan fingerprint density at radius 2 is 2.14 bits per heavy atom. The maximum Gasteiger partial charge on any atom is 0.242 e. The Morgan fingerprint density at radius 1 is 1.43 bits per heavy atom. The van der Waals surface area contributed by atoms with Crippen LogP contribution in [0.3, 0.4) is 0 Å². The maximum atomic E-state index is 3.88. The fourth-order valence-electron chi connectivity index (χ4n) is 1.40. The molecule has 2 unspecified atom stereocenters. The average Bonchev–Trinajstić information content (AvgIpc) is 2.51. The van der Waals surface area contributed by atoms with Gasteiger partial charge < -0.3 is 5.32 Å². The minimum atomic E-state index is 0.412. The lowest BCUT2D eigenvalue weighted by atomic mass is 10.0. The highest BCUT2D eigenvalue weighted by Crippen LogP contribution is 2.12. The molecule has 1 N–H and O–H groups in total. The highest BCUT2D eigenvalue weighted by molar-refractivity contribution is 5.22. The van der Waals surface area contributed by atoms with Gasteiger partial charge in [0.2, 0.25) is 5.95 Å². The number of hydrogen-bond donors (Lipinski definition) is 1. The summed E-state index contributed by atoms with van der Waals surface area (Å²) in [5.41, 5.74) is 0. The van der Waals surface area contributed by atoms with Gasteiger partial charge in [-0.1, -0.05) is 25.4 Å². The van der Waals surface area contributed by atoms with Crippen molar-refractivity contribution in [2.45, 2.75) is 39.7 Å². The van der Waals surface area contributed by atoms with Crippen LogP contribution in [0.25, 0.3) is 0 Å². The summed E-state index contributed by atoms with van der Waals surface area (Å²) in [4.78, 5) is 0. The van der Waals surface area contributed by atoms with Crippen molar-refractivity contribution in [1.29, 1.82) is 0 Å². The molecule has 1 heterocycles. The number of tetrazole rings is 1. The summed E-state index contributed by atoms with van der Waals surface area (Å²) in [6, 6.07) is 0.412. The summed E-state index contributed by atoms with van der Waals surface area (Å²) in [5, 5.41) is 14.5. The van der Waals surface area contributed by atoms with Crippen LogP contribution in [0.5, 0.6) is 0 Å². The van der Waals surface area contributed by atoms with E-state index < -0.39 is 0 Å². The fourth-order valence-corrected chi connectivity index (χ4v) is 1.40. The number of rotatable bonds is 5. The largest absolute Gasteiger partial charge is 0.351 e. The Morgan fingerprint density at radius 3 is 2.64 bits per heavy atom. The lowest BCUT2D eigenvalue weighted by Gasteiger charge is -2.16. The lowest BCUT2D eigenvalue weighted by molar-refractivity contribution is 0.481. The van der Waals surface area contributed by atoms with E-state index in [0.717, 1.165) is 18.3 Å². The summed E-state index contributed by atoms with van der Waals surface area (Å²) in [6.07, 6.45) is 2.35. The second-order valence-electron chi connectivity index (χ2n) is 3.92. The molecule has 1 aromatic rings. The van der Waals surface area contributed by atoms with Gasteiger partial charge in [-0.3, -0.25) is 0 Å². The van der Waals surface area contributed by atoms with Gasteiger partial charge in [0.1, 0.15) is 0 Å². The minimum Gasteiger partial charge on any atom is -0.351 e. The third kappa shape index (κ3) is 2.97. The molecule has 0 radical (unpaired) electrons. The van der Waals surface area contributed by atoms with E-state index in [-0.39, 0.29) is 0 Å². The number of aromatic nitrogens is 4. The van der Waals surface area contributed by atoms with E-state index in [1.54, 1.807) is 4.68 Å². The summed E-state index contributed by atoms with van der Waals surface area (Å²) >= 11 is 0. The average molecular weight is 197 g/mol. The van der Waals surface area contributed by atoms with E-state index in [9.17, 15) is 0 Å². The Balaban J connectivity index is 2.41. The fraction of sp³-hybridized carbons (Fsp3) is 0.889. The van der Waals surface area contributed by atoms with Crippen molar-refractivity contribution in [2.24, 2.45) is 13.0 Å². The van der Waals surface area contributed by atoms with Crippen molar-refractivity contribution in [1.82, 2.24) is 20.2 Å². The number of aryl methyl sites for hydroxylation is 1. The zero-order chi connectivity index (χ0) is 10.6. The zero-order valence-corrected chi connectivity index (χ0v) is 9.36. The van der Waals surface area contributed by atoms with Crippen molar-refractivity contribution in [3.8, 4) is 0 Å².